The first-order valence-electron chi connectivity index (χ1n) is 6.39. The van der Waals surface area contributed by atoms with E-state index in [1.165, 1.54) is 0 Å². The molecule has 2 aromatic carbocycles. The molecule has 0 saturated carbocycles. The molecule has 0 bridgehead atoms. The van der Waals surface area contributed by atoms with Gasteiger partial charge in [-0.05, 0) is 53.9 Å². The van der Waals surface area contributed by atoms with Crippen molar-refractivity contribution in [2.45, 2.75) is 25.3 Å². The molecule has 2 rings (SSSR count). The first-order valence-corrected chi connectivity index (χ1v) is 6.39. The van der Waals surface area contributed by atoms with E-state index in [4.69, 9.17) is 11.5 Å². The Labute approximate surface area is 107 Å². The Bertz CT molecular complexity index is 525. The number of unbranched alkanes of at least 4 members (excludes halogenated alkanes) is 1. The van der Waals surface area contributed by atoms with Gasteiger partial charge in [-0.2, -0.15) is 0 Å². The molecule has 18 heavy (non-hydrogen) atoms. The van der Waals surface area contributed by atoms with E-state index in [0.29, 0.717) is 5.75 Å². The maximum Gasteiger partial charge on any atom is 0.116 e. The molecule has 0 spiro atoms. The van der Waals surface area contributed by atoms with E-state index >= 15 is 0 Å². The van der Waals surface area contributed by atoms with Gasteiger partial charge in [0.1, 0.15) is 5.75 Å². The number of rotatable bonds is 5. The molecule has 0 saturated heterocycles. The third-order valence-corrected chi connectivity index (χ3v) is 3.25. The number of benzene rings is 2. The number of fused-ring (bicyclic) bond motifs is 1. The van der Waals surface area contributed by atoms with E-state index < -0.39 is 0 Å². The first-order chi connectivity index (χ1) is 8.70. The SMILES string of the molecule is NCCCC[C@H](N)c1ccc2cc(O)ccc2c1. The zero-order valence-corrected chi connectivity index (χ0v) is 10.5. The fourth-order valence-electron chi connectivity index (χ4n) is 2.16. The van der Waals surface area contributed by atoms with Crippen LogP contribution < -0.4 is 11.5 Å². The molecule has 5 N–H and O–H groups in total. The first kappa shape index (κ1) is 12.9. The number of phenolic OH excluding ortho intramolecular Hbond substituents is 1. The van der Waals surface area contributed by atoms with Gasteiger partial charge in [0.2, 0.25) is 0 Å². The summed E-state index contributed by atoms with van der Waals surface area (Å²) in [5.41, 5.74) is 12.8. The van der Waals surface area contributed by atoms with Crippen molar-refractivity contribution < 1.29 is 5.11 Å². The molecule has 0 aliphatic carbocycles. The molecule has 0 aliphatic rings. The number of nitrogens with two attached hydrogens (primary N) is 2. The van der Waals surface area contributed by atoms with Crippen molar-refractivity contribution in [1.29, 1.82) is 0 Å². The van der Waals surface area contributed by atoms with E-state index in [9.17, 15) is 5.11 Å². The van der Waals surface area contributed by atoms with Gasteiger partial charge in [-0.3, -0.25) is 0 Å². The predicted octanol–water partition coefficient (Wildman–Crippen LogP) is 2.67. The molecular weight excluding hydrogens is 224 g/mol. The highest BCUT2D eigenvalue weighted by atomic mass is 16.3. The van der Waals surface area contributed by atoms with Gasteiger partial charge in [0.25, 0.3) is 0 Å². The van der Waals surface area contributed by atoms with Crippen LogP contribution in [0.25, 0.3) is 10.8 Å². The van der Waals surface area contributed by atoms with Crippen LogP contribution in [-0.4, -0.2) is 11.7 Å². The molecule has 0 unspecified atom stereocenters. The second kappa shape index (κ2) is 5.85. The van der Waals surface area contributed by atoms with Crippen molar-refractivity contribution in [3.05, 3.63) is 42.0 Å². The molecule has 96 valence electrons. The summed E-state index contributed by atoms with van der Waals surface area (Å²) in [6.07, 6.45) is 3.04. The smallest absolute Gasteiger partial charge is 0.116 e. The van der Waals surface area contributed by atoms with Crippen LogP contribution in [0.5, 0.6) is 5.75 Å². The van der Waals surface area contributed by atoms with Crippen molar-refractivity contribution in [3.8, 4) is 5.75 Å². The van der Waals surface area contributed by atoms with Gasteiger partial charge in [-0.25, -0.2) is 0 Å². The van der Waals surface area contributed by atoms with Crippen molar-refractivity contribution >= 4 is 10.8 Å². The number of aromatic hydroxyl groups is 1. The highest BCUT2D eigenvalue weighted by Gasteiger charge is 2.06. The summed E-state index contributed by atoms with van der Waals surface area (Å²) in [6, 6.07) is 11.6. The number of hydrogen-bond donors (Lipinski definition) is 3. The average Bonchev–Trinajstić information content (AvgIpc) is 2.38. The zero-order chi connectivity index (χ0) is 13.0. The highest BCUT2D eigenvalue weighted by molar-refractivity contribution is 5.84. The molecular formula is C15H20N2O. The quantitative estimate of drug-likeness (QED) is 0.708. The minimum atomic E-state index is 0.0646. The summed E-state index contributed by atoms with van der Waals surface area (Å²) in [7, 11) is 0. The Morgan fingerprint density at radius 3 is 2.50 bits per heavy atom. The lowest BCUT2D eigenvalue weighted by molar-refractivity contribution is 0.476. The fourth-order valence-corrected chi connectivity index (χ4v) is 2.16. The van der Waals surface area contributed by atoms with Crippen molar-refractivity contribution in [3.63, 3.8) is 0 Å². The van der Waals surface area contributed by atoms with E-state index in [0.717, 1.165) is 42.1 Å². The van der Waals surface area contributed by atoms with Gasteiger partial charge in [0.15, 0.2) is 0 Å². The summed E-state index contributed by atoms with van der Waals surface area (Å²) in [5.74, 6) is 0.294. The van der Waals surface area contributed by atoms with Crippen LogP contribution in [0.4, 0.5) is 0 Å². The topological polar surface area (TPSA) is 72.3 Å². The van der Waals surface area contributed by atoms with E-state index in [-0.39, 0.29) is 6.04 Å². The van der Waals surface area contributed by atoms with Crippen LogP contribution in [0.1, 0.15) is 30.9 Å². The van der Waals surface area contributed by atoms with Gasteiger partial charge >= 0.3 is 0 Å². The van der Waals surface area contributed by atoms with Gasteiger partial charge in [0, 0.05) is 6.04 Å². The molecule has 1 atom stereocenters. The van der Waals surface area contributed by atoms with Gasteiger partial charge < -0.3 is 16.6 Å². The highest BCUT2D eigenvalue weighted by Crippen LogP contribution is 2.24. The normalized spacial score (nSPS) is 12.8. The zero-order valence-electron chi connectivity index (χ0n) is 10.5. The van der Waals surface area contributed by atoms with Crippen LogP contribution in [0, 0.1) is 0 Å². The molecule has 0 heterocycles. The van der Waals surface area contributed by atoms with E-state index in [2.05, 4.69) is 6.07 Å². The van der Waals surface area contributed by atoms with Crippen LogP contribution in [0.3, 0.4) is 0 Å². The predicted molar refractivity (Wildman–Crippen MR) is 75.4 cm³/mol. The molecule has 0 amide bonds. The molecule has 3 nitrogen and oxygen atoms in total. The standard InChI is InChI=1S/C15H20N2O/c16-8-2-1-3-15(17)13-5-4-12-10-14(18)7-6-11(12)9-13/h4-7,9-10,15,18H,1-3,8,16-17H2/t15-/m0/s1. The van der Waals surface area contributed by atoms with E-state index in [1.54, 1.807) is 12.1 Å². The fraction of sp³-hybridized carbons (Fsp3) is 0.333. The third-order valence-electron chi connectivity index (χ3n) is 3.25. The minimum absolute atomic E-state index is 0.0646. The summed E-state index contributed by atoms with van der Waals surface area (Å²) in [4.78, 5) is 0. The lowest BCUT2D eigenvalue weighted by atomic mass is 9.98. The molecule has 0 aliphatic heterocycles. The Morgan fingerprint density at radius 1 is 1.00 bits per heavy atom. The van der Waals surface area contributed by atoms with Crippen LogP contribution in [0.15, 0.2) is 36.4 Å². The second-order valence-electron chi connectivity index (χ2n) is 4.68. The largest absolute Gasteiger partial charge is 0.508 e. The lowest BCUT2D eigenvalue weighted by Gasteiger charge is -2.12. The summed E-state index contributed by atoms with van der Waals surface area (Å²) in [6.45, 7) is 0.726. The molecule has 0 fully saturated rings. The summed E-state index contributed by atoms with van der Waals surface area (Å²) >= 11 is 0. The Balaban J connectivity index is 2.16. The van der Waals surface area contributed by atoms with E-state index in [1.807, 2.05) is 18.2 Å². The second-order valence-corrected chi connectivity index (χ2v) is 4.68. The van der Waals surface area contributed by atoms with Gasteiger partial charge in [-0.15, -0.1) is 0 Å². The molecule has 0 aromatic heterocycles. The van der Waals surface area contributed by atoms with Crippen molar-refractivity contribution in [2.75, 3.05) is 6.54 Å². The summed E-state index contributed by atoms with van der Waals surface area (Å²) < 4.78 is 0. The minimum Gasteiger partial charge on any atom is -0.508 e. The maximum absolute atomic E-state index is 9.42. The number of hydrogen-bond acceptors (Lipinski definition) is 3. The molecule has 0 radical (unpaired) electrons. The Kier molecular flexibility index (Phi) is 4.18. The van der Waals surface area contributed by atoms with Crippen LogP contribution >= 0.6 is 0 Å². The van der Waals surface area contributed by atoms with Crippen LogP contribution in [-0.2, 0) is 0 Å². The lowest BCUT2D eigenvalue weighted by Crippen LogP contribution is -2.11. The average molecular weight is 244 g/mol. The van der Waals surface area contributed by atoms with Crippen molar-refractivity contribution in [1.82, 2.24) is 0 Å². The van der Waals surface area contributed by atoms with Crippen LogP contribution in [0.2, 0.25) is 0 Å². The maximum atomic E-state index is 9.42. The monoisotopic (exact) mass is 244 g/mol. The third kappa shape index (κ3) is 3.00. The molecule has 3 heteroatoms. The summed E-state index contributed by atoms with van der Waals surface area (Å²) in [5, 5.41) is 11.6. The Hall–Kier alpha value is -1.58. The van der Waals surface area contributed by atoms with Crippen molar-refractivity contribution in [2.24, 2.45) is 11.5 Å². The number of phenols is 1. The van der Waals surface area contributed by atoms with Gasteiger partial charge in [-0.1, -0.05) is 24.6 Å². The Morgan fingerprint density at radius 2 is 1.72 bits per heavy atom. The molecule has 2 aromatic rings. The van der Waals surface area contributed by atoms with Gasteiger partial charge in [0.05, 0.1) is 0 Å².